The maximum Gasteiger partial charge on any atom is 0.270 e. The van der Waals surface area contributed by atoms with Gasteiger partial charge in [0, 0.05) is 36.2 Å². The van der Waals surface area contributed by atoms with E-state index in [0.29, 0.717) is 13.1 Å². The fourth-order valence-corrected chi connectivity index (χ4v) is 4.63. The number of halogens is 1. The number of aromatic nitrogens is 2. The van der Waals surface area contributed by atoms with Gasteiger partial charge in [-0.15, -0.1) is 11.3 Å². The fourth-order valence-electron chi connectivity index (χ4n) is 3.48. The van der Waals surface area contributed by atoms with Crippen LogP contribution in [0.15, 0.2) is 29.6 Å². The van der Waals surface area contributed by atoms with E-state index < -0.39 is 4.92 Å². The highest BCUT2D eigenvalue weighted by Crippen LogP contribution is 2.40. The van der Waals surface area contributed by atoms with E-state index in [1.54, 1.807) is 12.1 Å². The molecule has 1 aliphatic rings. The number of rotatable bonds is 3. The molecule has 1 aliphatic heterocycles. The van der Waals surface area contributed by atoms with Crippen LogP contribution in [0.25, 0.3) is 21.3 Å². The third kappa shape index (κ3) is 3.47. The molecule has 1 aromatic carbocycles. The van der Waals surface area contributed by atoms with E-state index in [-0.39, 0.29) is 23.2 Å². The minimum Gasteiger partial charge on any atom is -0.372 e. The number of benzene rings is 1. The van der Waals surface area contributed by atoms with Gasteiger partial charge in [0.2, 0.25) is 5.28 Å². The molecule has 9 heteroatoms. The molecular formula is C18H17ClN4O3S. The van der Waals surface area contributed by atoms with E-state index in [1.165, 1.54) is 17.4 Å². The van der Waals surface area contributed by atoms with E-state index in [1.807, 2.05) is 25.3 Å². The molecule has 0 saturated carbocycles. The number of non-ortho nitro benzene ring substituents is 1. The lowest BCUT2D eigenvalue weighted by atomic mass is 10.0. The molecule has 2 atom stereocenters. The number of nitro groups is 1. The van der Waals surface area contributed by atoms with Crippen molar-refractivity contribution in [1.29, 1.82) is 0 Å². The highest BCUT2D eigenvalue weighted by molar-refractivity contribution is 7.17. The Kier molecular flexibility index (Phi) is 4.71. The molecule has 4 rings (SSSR count). The molecule has 0 amide bonds. The average Bonchev–Trinajstić information content (AvgIpc) is 3.04. The van der Waals surface area contributed by atoms with Crippen LogP contribution in [-0.2, 0) is 4.74 Å². The first-order valence-corrected chi connectivity index (χ1v) is 9.78. The monoisotopic (exact) mass is 404 g/mol. The molecule has 2 aromatic heterocycles. The Hall–Kier alpha value is -2.29. The summed E-state index contributed by atoms with van der Waals surface area (Å²) in [5, 5.41) is 14.2. The number of nitro benzene ring substituents is 1. The van der Waals surface area contributed by atoms with Crippen molar-refractivity contribution in [3.63, 3.8) is 0 Å². The maximum atomic E-state index is 11.2. The molecule has 7 nitrogen and oxygen atoms in total. The Morgan fingerprint density at radius 3 is 2.74 bits per heavy atom. The lowest BCUT2D eigenvalue weighted by Crippen LogP contribution is -2.46. The Morgan fingerprint density at radius 2 is 2.04 bits per heavy atom. The Bertz CT molecular complexity index is 1020. The van der Waals surface area contributed by atoms with Gasteiger partial charge < -0.3 is 9.64 Å². The summed E-state index contributed by atoms with van der Waals surface area (Å²) in [5.74, 6) is 0.745. The number of fused-ring (bicyclic) bond motifs is 1. The van der Waals surface area contributed by atoms with Crippen LogP contribution in [0.1, 0.15) is 13.8 Å². The van der Waals surface area contributed by atoms with Crippen LogP contribution in [0.4, 0.5) is 11.5 Å². The zero-order valence-corrected chi connectivity index (χ0v) is 16.3. The predicted molar refractivity (Wildman–Crippen MR) is 107 cm³/mol. The summed E-state index contributed by atoms with van der Waals surface area (Å²) in [6, 6.07) is 6.60. The van der Waals surface area contributed by atoms with E-state index in [9.17, 15) is 10.1 Å². The standard InChI is InChI=1S/C18H17ClN4O3S/c1-10-7-22(8-11(2)26-10)16-15-14(9-27-17(15)21-18(19)20-16)12-4-3-5-13(6-12)23(24)25/h3-6,9-11H,7-8H2,1-2H3. The van der Waals surface area contributed by atoms with Gasteiger partial charge in [0.25, 0.3) is 5.69 Å². The Morgan fingerprint density at radius 1 is 1.30 bits per heavy atom. The number of hydrogen-bond acceptors (Lipinski definition) is 7. The number of hydrogen-bond donors (Lipinski definition) is 0. The average molecular weight is 405 g/mol. The first-order valence-electron chi connectivity index (χ1n) is 8.52. The third-order valence-corrected chi connectivity index (χ3v) is 5.52. The van der Waals surface area contributed by atoms with Crippen molar-refractivity contribution in [2.45, 2.75) is 26.1 Å². The first kappa shape index (κ1) is 18.1. The molecule has 1 fully saturated rings. The summed E-state index contributed by atoms with van der Waals surface area (Å²) < 4.78 is 5.83. The van der Waals surface area contributed by atoms with E-state index in [2.05, 4.69) is 14.9 Å². The first-order chi connectivity index (χ1) is 12.9. The third-order valence-electron chi connectivity index (χ3n) is 4.47. The molecule has 0 aliphatic carbocycles. The van der Waals surface area contributed by atoms with Crippen molar-refractivity contribution in [3.05, 3.63) is 45.0 Å². The molecule has 0 spiro atoms. The van der Waals surface area contributed by atoms with Crippen molar-refractivity contribution < 1.29 is 9.66 Å². The molecule has 0 radical (unpaired) electrons. The molecule has 140 valence electrons. The summed E-state index contributed by atoms with van der Waals surface area (Å²) in [7, 11) is 0. The number of thiophene rings is 1. The van der Waals surface area contributed by atoms with Crippen LogP contribution < -0.4 is 4.90 Å². The van der Waals surface area contributed by atoms with E-state index in [4.69, 9.17) is 16.3 Å². The van der Waals surface area contributed by atoms with Crippen LogP contribution >= 0.6 is 22.9 Å². The van der Waals surface area contributed by atoms with Gasteiger partial charge in [-0.2, -0.15) is 4.98 Å². The smallest absolute Gasteiger partial charge is 0.270 e. The lowest BCUT2D eigenvalue weighted by Gasteiger charge is -2.36. The van der Waals surface area contributed by atoms with Crippen molar-refractivity contribution in [1.82, 2.24) is 9.97 Å². The van der Waals surface area contributed by atoms with Gasteiger partial charge in [-0.3, -0.25) is 10.1 Å². The van der Waals surface area contributed by atoms with Crippen molar-refractivity contribution in [3.8, 4) is 11.1 Å². The summed E-state index contributed by atoms with van der Waals surface area (Å²) in [4.78, 5) is 22.5. The maximum absolute atomic E-state index is 11.2. The van der Waals surface area contributed by atoms with Gasteiger partial charge in [0.1, 0.15) is 10.6 Å². The van der Waals surface area contributed by atoms with Crippen LogP contribution in [0, 0.1) is 10.1 Å². The largest absolute Gasteiger partial charge is 0.372 e. The molecule has 0 N–H and O–H groups in total. The van der Waals surface area contributed by atoms with Gasteiger partial charge in [0.15, 0.2) is 0 Å². The van der Waals surface area contributed by atoms with Crippen LogP contribution in [-0.4, -0.2) is 40.2 Å². The topological polar surface area (TPSA) is 81.4 Å². The quantitative estimate of drug-likeness (QED) is 0.362. The number of ether oxygens (including phenoxy) is 1. The van der Waals surface area contributed by atoms with Crippen LogP contribution in [0.5, 0.6) is 0 Å². The highest BCUT2D eigenvalue weighted by atomic mass is 35.5. The summed E-state index contributed by atoms with van der Waals surface area (Å²) in [6.07, 6.45) is 0.134. The van der Waals surface area contributed by atoms with Gasteiger partial charge in [-0.1, -0.05) is 12.1 Å². The van der Waals surface area contributed by atoms with Crippen LogP contribution in [0.2, 0.25) is 5.28 Å². The molecule has 1 saturated heterocycles. The molecule has 3 aromatic rings. The minimum atomic E-state index is -0.391. The van der Waals surface area contributed by atoms with E-state index >= 15 is 0 Å². The number of anilines is 1. The van der Waals surface area contributed by atoms with Gasteiger partial charge >= 0.3 is 0 Å². The summed E-state index contributed by atoms with van der Waals surface area (Å²) >= 11 is 7.63. The lowest BCUT2D eigenvalue weighted by molar-refractivity contribution is -0.384. The normalized spacial score (nSPS) is 20.2. The Balaban J connectivity index is 1.89. The van der Waals surface area contributed by atoms with E-state index in [0.717, 1.165) is 27.2 Å². The predicted octanol–water partition coefficient (Wildman–Crippen LogP) is 4.53. The van der Waals surface area contributed by atoms with Gasteiger partial charge in [-0.25, -0.2) is 4.98 Å². The fraction of sp³-hybridized carbons (Fsp3) is 0.333. The minimum absolute atomic E-state index is 0.0527. The Labute approximate surface area is 164 Å². The van der Waals surface area contributed by atoms with Crippen molar-refractivity contribution >= 4 is 44.7 Å². The van der Waals surface area contributed by atoms with Crippen molar-refractivity contribution in [2.24, 2.45) is 0 Å². The van der Waals surface area contributed by atoms with Crippen LogP contribution in [0.3, 0.4) is 0 Å². The molecule has 2 unspecified atom stereocenters. The molecule has 0 bridgehead atoms. The SMILES string of the molecule is CC1CN(c2nc(Cl)nc3scc(-c4cccc([N+](=O)[O-])c4)c23)CC(C)O1. The summed E-state index contributed by atoms with van der Waals surface area (Å²) in [5.41, 5.74) is 1.69. The summed E-state index contributed by atoms with van der Waals surface area (Å²) in [6.45, 7) is 5.43. The molecule has 27 heavy (non-hydrogen) atoms. The molecule has 3 heterocycles. The zero-order chi connectivity index (χ0) is 19.1. The zero-order valence-electron chi connectivity index (χ0n) is 14.8. The second kappa shape index (κ2) is 7.03. The van der Waals surface area contributed by atoms with Gasteiger partial charge in [0.05, 0.1) is 22.5 Å². The molecular weight excluding hydrogens is 388 g/mol. The highest BCUT2D eigenvalue weighted by Gasteiger charge is 2.27. The second-order valence-corrected chi connectivity index (χ2v) is 7.81. The second-order valence-electron chi connectivity index (χ2n) is 6.62. The number of morpholine rings is 1. The van der Waals surface area contributed by atoms with Gasteiger partial charge in [-0.05, 0) is 31.0 Å². The van der Waals surface area contributed by atoms with Crippen molar-refractivity contribution in [2.75, 3.05) is 18.0 Å². The number of nitrogens with zero attached hydrogens (tertiary/aromatic N) is 4.